The van der Waals surface area contributed by atoms with E-state index in [2.05, 4.69) is 21.4 Å². The Hall–Kier alpha value is -2.59. The van der Waals surface area contributed by atoms with Crippen LogP contribution in [0.1, 0.15) is 40.4 Å². The third-order valence-electron chi connectivity index (χ3n) is 6.28. The summed E-state index contributed by atoms with van der Waals surface area (Å²) in [6, 6.07) is 4.04. The zero-order chi connectivity index (χ0) is 24.3. The van der Waals surface area contributed by atoms with Crippen molar-refractivity contribution in [1.82, 2.24) is 24.6 Å². The van der Waals surface area contributed by atoms with Gasteiger partial charge in [-0.1, -0.05) is 11.8 Å². The van der Waals surface area contributed by atoms with Gasteiger partial charge in [-0.15, -0.1) is 11.3 Å². The van der Waals surface area contributed by atoms with Crippen LogP contribution in [0.2, 0.25) is 0 Å². The maximum atomic E-state index is 13.2. The normalized spacial score (nSPS) is 22.0. The number of pyridine rings is 1. The van der Waals surface area contributed by atoms with Crippen LogP contribution in [-0.2, 0) is 15.1 Å². The summed E-state index contributed by atoms with van der Waals surface area (Å²) in [5, 5.41) is 5.18. The van der Waals surface area contributed by atoms with E-state index in [4.69, 9.17) is 4.74 Å². The highest BCUT2D eigenvalue weighted by atomic mass is 32.2. The number of aromatic nitrogens is 3. The van der Waals surface area contributed by atoms with Crippen molar-refractivity contribution in [3.63, 3.8) is 0 Å². The third kappa shape index (κ3) is 4.40. The molecule has 0 spiro atoms. The first-order chi connectivity index (χ1) is 16.0. The first-order valence-corrected chi connectivity index (χ1v) is 13.1. The number of ether oxygens (including phenoxy) is 1. The molecule has 0 aromatic carbocycles. The third-order valence-corrected chi connectivity index (χ3v) is 8.23. The monoisotopic (exact) mass is 499 g/mol. The Morgan fingerprint density at radius 2 is 1.91 bits per heavy atom. The number of rotatable bonds is 5. The van der Waals surface area contributed by atoms with Crippen molar-refractivity contribution >= 4 is 40.6 Å². The van der Waals surface area contributed by atoms with Gasteiger partial charge in [-0.2, -0.15) is 0 Å². The summed E-state index contributed by atoms with van der Waals surface area (Å²) in [7, 11) is 0. The maximum absolute atomic E-state index is 13.2. The average Bonchev–Trinajstić information content (AvgIpc) is 3.22. The number of amides is 2. The fraction of sp³-hybridized carbons (Fsp3) is 0.500. The SMILES string of the molecule is CC(C)(C)OC(=O)N1C[C@@H]2C(C(=O)NC(C)(C)c3ncc4c(Sc5nccs5)cccn34)[C@@H]2C1. The quantitative estimate of drug-likeness (QED) is 0.560. The molecule has 10 heteroatoms. The molecule has 180 valence electrons. The van der Waals surface area contributed by atoms with Crippen molar-refractivity contribution in [2.45, 2.75) is 55.0 Å². The highest BCUT2D eigenvalue weighted by Crippen LogP contribution is 2.52. The minimum atomic E-state index is -0.657. The lowest BCUT2D eigenvalue weighted by Gasteiger charge is -2.27. The molecule has 1 unspecified atom stereocenters. The number of hydrogen-bond donors (Lipinski definition) is 1. The highest BCUT2D eigenvalue weighted by molar-refractivity contribution is 8.01. The molecular formula is C24H29N5O3S2. The van der Waals surface area contributed by atoms with E-state index in [9.17, 15) is 9.59 Å². The number of likely N-dealkylation sites (tertiary alicyclic amines) is 1. The van der Waals surface area contributed by atoms with Gasteiger partial charge in [-0.25, -0.2) is 14.8 Å². The molecule has 1 aliphatic carbocycles. The molecule has 4 heterocycles. The smallest absolute Gasteiger partial charge is 0.410 e. The largest absolute Gasteiger partial charge is 0.444 e. The van der Waals surface area contributed by atoms with Crippen molar-refractivity contribution in [3.8, 4) is 0 Å². The molecular weight excluding hydrogens is 470 g/mol. The Balaban J connectivity index is 1.25. The first-order valence-electron chi connectivity index (χ1n) is 11.4. The van der Waals surface area contributed by atoms with E-state index >= 15 is 0 Å². The molecule has 2 amide bonds. The average molecular weight is 500 g/mol. The van der Waals surface area contributed by atoms with Crippen molar-refractivity contribution < 1.29 is 14.3 Å². The van der Waals surface area contributed by atoms with Gasteiger partial charge in [0.15, 0.2) is 4.34 Å². The van der Waals surface area contributed by atoms with Gasteiger partial charge in [-0.05, 0) is 58.6 Å². The summed E-state index contributed by atoms with van der Waals surface area (Å²) in [6.07, 6.45) is 5.33. The zero-order valence-corrected chi connectivity index (χ0v) is 21.6. The minimum absolute atomic E-state index is 0.0221. The molecule has 1 N–H and O–H groups in total. The number of fused-ring (bicyclic) bond motifs is 2. The van der Waals surface area contributed by atoms with Crippen LogP contribution in [-0.4, -0.2) is 50.0 Å². The van der Waals surface area contributed by atoms with Crippen LogP contribution in [0.4, 0.5) is 4.79 Å². The van der Waals surface area contributed by atoms with Crippen LogP contribution in [0, 0.1) is 17.8 Å². The highest BCUT2D eigenvalue weighted by Gasteiger charge is 2.61. The van der Waals surface area contributed by atoms with E-state index in [-0.39, 0.29) is 29.8 Å². The minimum Gasteiger partial charge on any atom is -0.444 e. The van der Waals surface area contributed by atoms with Crippen LogP contribution in [0.15, 0.2) is 45.3 Å². The number of piperidine rings is 1. The second-order valence-corrected chi connectivity index (χ2v) is 12.6. The van der Waals surface area contributed by atoms with Crippen molar-refractivity contribution in [1.29, 1.82) is 0 Å². The topological polar surface area (TPSA) is 88.8 Å². The Labute approximate surface area is 207 Å². The Bertz CT molecular complexity index is 1220. The molecule has 1 saturated carbocycles. The maximum Gasteiger partial charge on any atom is 0.410 e. The lowest BCUT2D eigenvalue weighted by atomic mass is 10.0. The van der Waals surface area contributed by atoms with Gasteiger partial charge >= 0.3 is 6.09 Å². The lowest BCUT2D eigenvalue weighted by molar-refractivity contribution is -0.125. The Kier molecular flexibility index (Phi) is 5.63. The molecule has 2 fully saturated rings. The van der Waals surface area contributed by atoms with E-state index in [0.717, 1.165) is 20.6 Å². The van der Waals surface area contributed by atoms with Crippen molar-refractivity contribution in [2.24, 2.45) is 17.8 Å². The van der Waals surface area contributed by atoms with Crippen molar-refractivity contribution in [3.05, 3.63) is 41.9 Å². The van der Waals surface area contributed by atoms with Gasteiger partial charge in [-0.3, -0.25) is 4.79 Å². The standard InChI is InChI=1S/C24H29N5O3S2/c1-23(2,3)32-22(31)28-12-14-15(13-28)18(14)19(30)27-24(4,5)20-26-11-16-17(7-6-9-29(16)20)34-21-25-8-10-33-21/h6-11,14-15,18H,12-13H2,1-5H3,(H,27,30)/t14-,15+,18?. The zero-order valence-electron chi connectivity index (χ0n) is 19.9. The molecule has 1 saturated heterocycles. The summed E-state index contributed by atoms with van der Waals surface area (Å²) in [6.45, 7) is 10.7. The molecule has 0 bridgehead atoms. The summed E-state index contributed by atoms with van der Waals surface area (Å²) in [5.41, 5.74) is -0.192. The lowest BCUT2D eigenvalue weighted by Crippen LogP contribution is -2.45. The summed E-state index contributed by atoms with van der Waals surface area (Å²) < 4.78 is 8.48. The van der Waals surface area contributed by atoms with Crippen LogP contribution in [0.5, 0.6) is 0 Å². The summed E-state index contributed by atoms with van der Waals surface area (Å²) in [5.74, 6) is 1.12. The first kappa shape index (κ1) is 23.2. The van der Waals surface area contributed by atoms with Gasteiger partial charge in [0.25, 0.3) is 0 Å². The Morgan fingerprint density at radius 3 is 2.56 bits per heavy atom. The second kappa shape index (κ2) is 8.27. The second-order valence-electron chi connectivity index (χ2n) is 10.5. The van der Waals surface area contributed by atoms with E-state index in [1.807, 2.05) is 62.9 Å². The van der Waals surface area contributed by atoms with E-state index in [1.165, 1.54) is 0 Å². The molecule has 3 aromatic heterocycles. The number of imidazole rings is 1. The van der Waals surface area contributed by atoms with E-state index in [0.29, 0.717) is 13.1 Å². The van der Waals surface area contributed by atoms with E-state index in [1.54, 1.807) is 34.2 Å². The van der Waals surface area contributed by atoms with Crippen LogP contribution < -0.4 is 5.32 Å². The summed E-state index contributed by atoms with van der Waals surface area (Å²) >= 11 is 3.21. The van der Waals surface area contributed by atoms with Crippen LogP contribution in [0.25, 0.3) is 5.52 Å². The number of carbonyl (C=O) groups is 2. The molecule has 5 rings (SSSR count). The fourth-order valence-electron chi connectivity index (χ4n) is 4.74. The molecule has 3 atom stereocenters. The van der Waals surface area contributed by atoms with Gasteiger partial charge in [0, 0.05) is 41.7 Å². The molecule has 34 heavy (non-hydrogen) atoms. The molecule has 2 aliphatic rings. The van der Waals surface area contributed by atoms with Gasteiger partial charge in [0.2, 0.25) is 5.91 Å². The molecule has 8 nitrogen and oxygen atoms in total. The number of thiazole rings is 1. The van der Waals surface area contributed by atoms with Crippen molar-refractivity contribution in [2.75, 3.05) is 13.1 Å². The van der Waals surface area contributed by atoms with Crippen LogP contribution in [0.3, 0.4) is 0 Å². The number of nitrogens with one attached hydrogen (secondary N) is 1. The van der Waals surface area contributed by atoms with Gasteiger partial charge in [0.1, 0.15) is 11.4 Å². The van der Waals surface area contributed by atoms with E-state index < -0.39 is 11.1 Å². The molecule has 3 aromatic rings. The molecule has 0 radical (unpaired) electrons. The van der Waals surface area contributed by atoms with Crippen LogP contribution >= 0.6 is 23.1 Å². The number of carbonyl (C=O) groups excluding carboxylic acids is 2. The van der Waals surface area contributed by atoms with Gasteiger partial charge in [0.05, 0.1) is 17.3 Å². The summed E-state index contributed by atoms with van der Waals surface area (Å²) in [4.78, 5) is 37.3. The van der Waals surface area contributed by atoms with Gasteiger partial charge < -0.3 is 19.4 Å². The fourth-order valence-corrected chi connectivity index (χ4v) is 6.43. The predicted octanol–water partition coefficient (Wildman–Crippen LogP) is 4.41. The molecule has 1 aliphatic heterocycles. The Morgan fingerprint density at radius 1 is 1.18 bits per heavy atom. The number of hydrogen-bond acceptors (Lipinski definition) is 7. The predicted molar refractivity (Wildman–Crippen MR) is 131 cm³/mol. The number of nitrogens with zero attached hydrogens (tertiary/aromatic N) is 4.